The Morgan fingerprint density at radius 2 is 2.00 bits per heavy atom. The standard InChI is InChI=1S/C10H17F3N4S/c1-9(2,3)14-6-8-7-17(16-15-8)4-5-18-10(11,12)13/h7,14H,4-6H2,1-3H3. The molecule has 0 aliphatic heterocycles. The number of aryl methyl sites for hydroxylation is 1. The molecule has 0 aliphatic carbocycles. The Kier molecular flexibility index (Phi) is 5.03. The van der Waals surface area contributed by atoms with Gasteiger partial charge in [-0.05, 0) is 32.5 Å². The Bertz CT molecular complexity index is 370. The lowest BCUT2D eigenvalue weighted by Crippen LogP contribution is -2.35. The van der Waals surface area contributed by atoms with Crippen molar-refractivity contribution in [2.75, 3.05) is 5.75 Å². The van der Waals surface area contributed by atoms with Gasteiger partial charge in [0.05, 0.1) is 12.2 Å². The Balaban J connectivity index is 2.35. The van der Waals surface area contributed by atoms with Crippen molar-refractivity contribution in [1.82, 2.24) is 20.3 Å². The summed E-state index contributed by atoms with van der Waals surface area (Å²) >= 11 is -0.0490. The fraction of sp³-hybridized carbons (Fsp3) is 0.800. The molecule has 0 aromatic carbocycles. The summed E-state index contributed by atoms with van der Waals surface area (Å²) in [6.07, 6.45) is 1.66. The zero-order valence-corrected chi connectivity index (χ0v) is 11.4. The van der Waals surface area contributed by atoms with Gasteiger partial charge in [-0.15, -0.1) is 5.10 Å². The summed E-state index contributed by atoms with van der Waals surface area (Å²) in [4.78, 5) is 0. The molecule has 18 heavy (non-hydrogen) atoms. The average molecular weight is 282 g/mol. The monoisotopic (exact) mass is 282 g/mol. The number of aromatic nitrogens is 3. The van der Waals surface area contributed by atoms with E-state index in [2.05, 4.69) is 15.6 Å². The van der Waals surface area contributed by atoms with Crippen molar-refractivity contribution < 1.29 is 13.2 Å². The molecule has 0 amide bonds. The van der Waals surface area contributed by atoms with Crippen molar-refractivity contribution in [3.05, 3.63) is 11.9 Å². The second kappa shape index (κ2) is 5.92. The van der Waals surface area contributed by atoms with Crippen molar-refractivity contribution in [1.29, 1.82) is 0 Å². The van der Waals surface area contributed by atoms with Gasteiger partial charge < -0.3 is 5.32 Å². The molecular weight excluding hydrogens is 265 g/mol. The third-order valence-corrected chi connectivity index (χ3v) is 2.69. The molecule has 0 fully saturated rings. The summed E-state index contributed by atoms with van der Waals surface area (Å²) in [5, 5.41) is 10.9. The first kappa shape index (κ1) is 15.3. The maximum Gasteiger partial charge on any atom is 0.441 e. The molecule has 0 unspecified atom stereocenters. The molecule has 0 radical (unpaired) electrons. The van der Waals surface area contributed by atoms with Gasteiger partial charge in [-0.2, -0.15) is 13.2 Å². The summed E-state index contributed by atoms with van der Waals surface area (Å²) < 4.78 is 37.2. The zero-order valence-electron chi connectivity index (χ0n) is 10.6. The molecule has 0 spiro atoms. The third kappa shape index (κ3) is 6.85. The van der Waals surface area contributed by atoms with Gasteiger partial charge in [0.25, 0.3) is 0 Å². The molecule has 8 heteroatoms. The number of hydrogen-bond donors (Lipinski definition) is 1. The van der Waals surface area contributed by atoms with E-state index in [4.69, 9.17) is 0 Å². The summed E-state index contributed by atoms with van der Waals surface area (Å²) in [7, 11) is 0. The minimum absolute atomic E-state index is 0.0318. The molecule has 0 bridgehead atoms. The summed E-state index contributed by atoms with van der Waals surface area (Å²) in [5.41, 5.74) is -3.49. The van der Waals surface area contributed by atoms with Gasteiger partial charge in [0.1, 0.15) is 0 Å². The molecular formula is C10H17F3N4S. The molecule has 1 aromatic heterocycles. The van der Waals surface area contributed by atoms with E-state index >= 15 is 0 Å². The molecule has 0 saturated carbocycles. The van der Waals surface area contributed by atoms with Crippen LogP contribution in [0.5, 0.6) is 0 Å². The molecule has 1 aromatic rings. The lowest BCUT2D eigenvalue weighted by molar-refractivity contribution is -0.0328. The van der Waals surface area contributed by atoms with Crippen molar-refractivity contribution in [3.8, 4) is 0 Å². The number of nitrogens with zero attached hydrogens (tertiary/aromatic N) is 3. The second-order valence-electron chi connectivity index (χ2n) is 4.87. The van der Waals surface area contributed by atoms with E-state index in [-0.39, 0.29) is 29.6 Å². The number of nitrogens with one attached hydrogen (secondary N) is 1. The van der Waals surface area contributed by atoms with Crippen molar-refractivity contribution in [2.45, 2.75) is 44.9 Å². The minimum atomic E-state index is -4.18. The number of halogens is 3. The van der Waals surface area contributed by atoms with Crippen LogP contribution in [0, 0.1) is 0 Å². The number of hydrogen-bond acceptors (Lipinski definition) is 4. The topological polar surface area (TPSA) is 42.7 Å². The predicted octanol–water partition coefficient (Wildman–Crippen LogP) is 2.42. The fourth-order valence-electron chi connectivity index (χ4n) is 1.14. The lowest BCUT2D eigenvalue weighted by Gasteiger charge is -2.19. The van der Waals surface area contributed by atoms with Crippen LogP contribution in [0.15, 0.2) is 6.20 Å². The van der Waals surface area contributed by atoms with Crippen LogP contribution in [0.4, 0.5) is 13.2 Å². The molecule has 104 valence electrons. The molecule has 0 aliphatic rings. The second-order valence-corrected chi connectivity index (χ2v) is 6.03. The molecule has 1 heterocycles. The van der Waals surface area contributed by atoms with E-state index in [1.54, 1.807) is 6.20 Å². The number of rotatable bonds is 5. The first-order valence-corrected chi connectivity index (χ1v) is 6.49. The highest BCUT2D eigenvalue weighted by Gasteiger charge is 2.27. The van der Waals surface area contributed by atoms with E-state index in [0.717, 1.165) is 5.69 Å². The van der Waals surface area contributed by atoms with Gasteiger partial charge >= 0.3 is 5.51 Å². The highest BCUT2D eigenvalue weighted by atomic mass is 32.2. The maximum absolute atomic E-state index is 11.9. The van der Waals surface area contributed by atoms with Crippen LogP contribution < -0.4 is 5.32 Å². The Labute approximate surface area is 108 Å². The highest BCUT2D eigenvalue weighted by Crippen LogP contribution is 2.29. The largest absolute Gasteiger partial charge is 0.441 e. The number of alkyl halides is 3. The van der Waals surface area contributed by atoms with E-state index in [9.17, 15) is 13.2 Å². The van der Waals surface area contributed by atoms with Crippen LogP contribution in [-0.4, -0.2) is 31.8 Å². The minimum Gasteiger partial charge on any atom is -0.306 e. The normalized spacial score (nSPS) is 13.0. The molecule has 4 nitrogen and oxygen atoms in total. The van der Waals surface area contributed by atoms with Gasteiger partial charge in [-0.3, -0.25) is 4.68 Å². The van der Waals surface area contributed by atoms with E-state index in [0.29, 0.717) is 6.54 Å². The van der Waals surface area contributed by atoms with Gasteiger partial charge in [-0.25, -0.2) is 0 Å². The molecule has 0 saturated heterocycles. The van der Waals surface area contributed by atoms with Crippen LogP contribution in [0.25, 0.3) is 0 Å². The predicted molar refractivity (Wildman–Crippen MR) is 65.1 cm³/mol. The van der Waals surface area contributed by atoms with Crippen LogP contribution in [0.1, 0.15) is 26.5 Å². The molecule has 1 rings (SSSR count). The molecule has 0 atom stereocenters. The van der Waals surface area contributed by atoms with E-state index < -0.39 is 5.51 Å². The quantitative estimate of drug-likeness (QED) is 0.900. The van der Waals surface area contributed by atoms with Crippen LogP contribution in [0.2, 0.25) is 0 Å². The SMILES string of the molecule is CC(C)(C)NCc1cn(CCSC(F)(F)F)nn1. The number of thioether (sulfide) groups is 1. The van der Waals surface area contributed by atoms with Crippen molar-refractivity contribution in [3.63, 3.8) is 0 Å². The Morgan fingerprint density at radius 3 is 2.56 bits per heavy atom. The average Bonchev–Trinajstić information content (AvgIpc) is 2.60. The Hall–Kier alpha value is -0.760. The third-order valence-electron chi connectivity index (χ3n) is 1.97. The van der Waals surface area contributed by atoms with Crippen molar-refractivity contribution >= 4 is 11.8 Å². The summed E-state index contributed by atoms with van der Waals surface area (Å²) in [5.74, 6) is -0.0565. The van der Waals surface area contributed by atoms with Gasteiger partial charge in [0.2, 0.25) is 0 Å². The van der Waals surface area contributed by atoms with Crippen LogP contribution in [-0.2, 0) is 13.1 Å². The van der Waals surface area contributed by atoms with Crippen LogP contribution in [0.3, 0.4) is 0 Å². The van der Waals surface area contributed by atoms with Crippen molar-refractivity contribution in [2.24, 2.45) is 0 Å². The first-order valence-electron chi connectivity index (χ1n) is 5.50. The van der Waals surface area contributed by atoms with E-state index in [1.807, 2.05) is 20.8 Å². The first-order chi connectivity index (χ1) is 8.16. The zero-order chi connectivity index (χ0) is 13.8. The van der Waals surface area contributed by atoms with Gasteiger partial charge in [0.15, 0.2) is 0 Å². The summed E-state index contributed by atoms with van der Waals surface area (Å²) in [6, 6.07) is 0. The molecule has 1 N–H and O–H groups in total. The Morgan fingerprint density at radius 1 is 1.33 bits per heavy atom. The van der Waals surface area contributed by atoms with Crippen LogP contribution >= 0.6 is 11.8 Å². The fourth-order valence-corrected chi connectivity index (χ4v) is 1.65. The van der Waals surface area contributed by atoms with Gasteiger partial charge in [-0.1, -0.05) is 5.21 Å². The lowest BCUT2D eigenvalue weighted by atomic mass is 10.1. The smallest absolute Gasteiger partial charge is 0.306 e. The van der Waals surface area contributed by atoms with E-state index in [1.165, 1.54) is 4.68 Å². The highest BCUT2D eigenvalue weighted by molar-refractivity contribution is 8.00. The van der Waals surface area contributed by atoms with Gasteiger partial charge in [0, 0.05) is 24.0 Å². The maximum atomic E-state index is 11.9. The summed E-state index contributed by atoms with van der Waals surface area (Å²) in [6.45, 7) is 6.83.